The Hall–Kier alpha value is -2.49. The maximum atomic E-state index is 13.5. The predicted octanol–water partition coefficient (Wildman–Crippen LogP) is 4.49. The summed E-state index contributed by atoms with van der Waals surface area (Å²) in [4.78, 5) is 27.7. The van der Waals surface area contributed by atoms with Gasteiger partial charge in [-0.05, 0) is 62.2 Å². The minimum Gasteiger partial charge on any atom is -0.494 e. The van der Waals surface area contributed by atoms with Crippen molar-refractivity contribution in [1.82, 2.24) is 10.2 Å². The number of ether oxygens (including phenoxy) is 1. The smallest absolute Gasteiger partial charge is 0.244 e. The Labute approximate surface area is 223 Å². The molecule has 2 aromatic rings. The number of hydrogen-bond acceptors (Lipinski definition) is 5. The normalized spacial score (nSPS) is 12.1. The van der Waals surface area contributed by atoms with Crippen LogP contribution in [0.25, 0.3) is 0 Å². The van der Waals surface area contributed by atoms with E-state index < -0.39 is 28.5 Å². The molecule has 198 valence electrons. The molecule has 0 saturated carbocycles. The number of amides is 2. The topological polar surface area (TPSA) is 96.0 Å². The first-order valence-electron chi connectivity index (χ1n) is 11.7. The van der Waals surface area contributed by atoms with Gasteiger partial charge in [-0.2, -0.15) is 0 Å². The Morgan fingerprint density at radius 3 is 2.28 bits per heavy atom. The number of rotatable bonds is 13. The van der Waals surface area contributed by atoms with Crippen molar-refractivity contribution in [3.63, 3.8) is 0 Å². The van der Waals surface area contributed by atoms with E-state index in [9.17, 15) is 18.0 Å². The molecule has 8 nitrogen and oxygen atoms in total. The molecule has 0 saturated heterocycles. The van der Waals surface area contributed by atoms with E-state index in [0.29, 0.717) is 40.2 Å². The quantitative estimate of drug-likeness (QED) is 0.366. The molecule has 0 aliphatic heterocycles. The standard InChI is InChI=1S/C25H33Cl2N3O5S/c1-5-7-14-28-25(32)18(3)29(16-19-8-13-22(26)23(27)15-19)24(31)17-30(36(4,33)34)20-9-11-21(12-10-20)35-6-2/h8-13,15,18H,5-7,14,16-17H2,1-4H3,(H,28,32)/t18-/m1/s1. The van der Waals surface area contributed by atoms with E-state index >= 15 is 0 Å². The van der Waals surface area contributed by atoms with Gasteiger partial charge >= 0.3 is 0 Å². The lowest BCUT2D eigenvalue weighted by Gasteiger charge is -2.31. The molecular weight excluding hydrogens is 525 g/mol. The summed E-state index contributed by atoms with van der Waals surface area (Å²) < 4.78 is 31.7. The van der Waals surface area contributed by atoms with Crippen molar-refractivity contribution in [2.45, 2.75) is 46.2 Å². The van der Waals surface area contributed by atoms with E-state index in [1.165, 1.54) is 4.90 Å². The molecule has 1 N–H and O–H groups in total. The van der Waals surface area contributed by atoms with Crippen molar-refractivity contribution in [1.29, 1.82) is 0 Å². The van der Waals surface area contributed by atoms with Gasteiger partial charge in [0.05, 0.1) is 28.6 Å². The van der Waals surface area contributed by atoms with E-state index in [1.54, 1.807) is 49.4 Å². The zero-order valence-corrected chi connectivity index (χ0v) is 23.3. The van der Waals surface area contributed by atoms with Crippen LogP contribution >= 0.6 is 23.2 Å². The van der Waals surface area contributed by atoms with Crippen LogP contribution in [0.4, 0.5) is 5.69 Å². The fourth-order valence-electron chi connectivity index (χ4n) is 3.44. The summed E-state index contributed by atoms with van der Waals surface area (Å²) in [6.45, 7) is 5.97. The van der Waals surface area contributed by atoms with Gasteiger partial charge in [-0.1, -0.05) is 42.6 Å². The fraction of sp³-hybridized carbons (Fsp3) is 0.440. The zero-order chi connectivity index (χ0) is 26.9. The number of nitrogens with zero attached hydrogens (tertiary/aromatic N) is 2. The number of sulfonamides is 1. The Morgan fingerprint density at radius 2 is 1.72 bits per heavy atom. The third-order valence-electron chi connectivity index (χ3n) is 5.45. The number of carbonyl (C=O) groups excluding carboxylic acids is 2. The minimum absolute atomic E-state index is 0.0406. The molecule has 0 unspecified atom stereocenters. The lowest BCUT2D eigenvalue weighted by molar-refractivity contribution is -0.139. The van der Waals surface area contributed by atoms with Crippen molar-refractivity contribution in [3.8, 4) is 5.75 Å². The third-order valence-corrected chi connectivity index (χ3v) is 7.33. The maximum absolute atomic E-state index is 13.5. The van der Waals surface area contributed by atoms with Gasteiger partial charge in [-0.3, -0.25) is 13.9 Å². The largest absolute Gasteiger partial charge is 0.494 e. The molecule has 11 heteroatoms. The van der Waals surface area contributed by atoms with Gasteiger partial charge in [-0.15, -0.1) is 0 Å². The fourth-order valence-corrected chi connectivity index (χ4v) is 4.61. The molecule has 0 spiro atoms. The number of unbranched alkanes of at least 4 members (excludes halogenated alkanes) is 1. The molecule has 2 aromatic carbocycles. The summed E-state index contributed by atoms with van der Waals surface area (Å²) >= 11 is 12.2. The van der Waals surface area contributed by atoms with Crippen molar-refractivity contribution in [2.24, 2.45) is 0 Å². The summed E-state index contributed by atoms with van der Waals surface area (Å²) in [5.41, 5.74) is 0.960. The van der Waals surface area contributed by atoms with E-state index in [2.05, 4.69) is 5.32 Å². The first kappa shape index (κ1) is 29.7. The molecule has 0 aliphatic carbocycles. The van der Waals surface area contributed by atoms with Gasteiger partial charge in [-0.25, -0.2) is 8.42 Å². The summed E-state index contributed by atoms with van der Waals surface area (Å²) in [6.07, 6.45) is 2.74. The zero-order valence-electron chi connectivity index (χ0n) is 21.0. The van der Waals surface area contributed by atoms with E-state index in [4.69, 9.17) is 27.9 Å². The average molecular weight is 559 g/mol. The van der Waals surface area contributed by atoms with Crippen molar-refractivity contribution in [2.75, 3.05) is 30.3 Å². The summed E-state index contributed by atoms with van der Waals surface area (Å²) in [5.74, 6) is -0.290. The van der Waals surface area contributed by atoms with Crippen molar-refractivity contribution in [3.05, 3.63) is 58.1 Å². The highest BCUT2D eigenvalue weighted by Gasteiger charge is 2.30. The molecule has 1 atom stereocenters. The van der Waals surface area contributed by atoms with E-state index in [0.717, 1.165) is 23.4 Å². The molecule has 2 amide bonds. The molecule has 0 fully saturated rings. The van der Waals surface area contributed by atoms with Gasteiger partial charge < -0.3 is 15.0 Å². The highest BCUT2D eigenvalue weighted by Crippen LogP contribution is 2.25. The number of hydrogen-bond donors (Lipinski definition) is 1. The van der Waals surface area contributed by atoms with E-state index in [-0.39, 0.29) is 12.5 Å². The van der Waals surface area contributed by atoms with Gasteiger partial charge in [0.1, 0.15) is 18.3 Å². The second kappa shape index (κ2) is 13.7. The lowest BCUT2D eigenvalue weighted by Crippen LogP contribution is -2.51. The molecule has 0 bridgehead atoms. The van der Waals surface area contributed by atoms with Crippen LogP contribution in [-0.2, 0) is 26.2 Å². The Morgan fingerprint density at radius 1 is 1.06 bits per heavy atom. The van der Waals surface area contributed by atoms with Gasteiger partial charge in [0, 0.05) is 13.1 Å². The minimum atomic E-state index is -3.81. The van der Waals surface area contributed by atoms with Crippen molar-refractivity contribution < 1.29 is 22.7 Å². The van der Waals surface area contributed by atoms with Gasteiger partial charge in [0.2, 0.25) is 21.8 Å². The van der Waals surface area contributed by atoms with Gasteiger partial charge in [0.15, 0.2) is 0 Å². The number of halogens is 2. The number of nitrogens with one attached hydrogen (secondary N) is 1. The first-order chi connectivity index (χ1) is 17.0. The van der Waals surface area contributed by atoms with E-state index in [1.807, 2.05) is 13.8 Å². The predicted molar refractivity (Wildman–Crippen MR) is 144 cm³/mol. The highest BCUT2D eigenvalue weighted by atomic mass is 35.5. The summed E-state index contributed by atoms with van der Waals surface area (Å²) in [6, 6.07) is 10.5. The van der Waals surface area contributed by atoms with Crippen LogP contribution in [0.1, 0.15) is 39.2 Å². The molecular formula is C25H33Cl2N3O5S. The number of carbonyl (C=O) groups is 2. The average Bonchev–Trinajstić information content (AvgIpc) is 2.83. The lowest BCUT2D eigenvalue weighted by atomic mass is 10.1. The Balaban J connectivity index is 2.35. The van der Waals surface area contributed by atoms with Crippen LogP contribution in [0, 0.1) is 0 Å². The van der Waals surface area contributed by atoms with Crippen LogP contribution in [0.3, 0.4) is 0 Å². The van der Waals surface area contributed by atoms with Crippen LogP contribution in [0.2, 0.25) is 10.0 Å². The third kappa shape index (κ3) is 8.57. The van der Waals surface area contributed by atoms with Gasteiger partial charge in [0.25, 0.3) is 0 Å². The maximum Gasteiger partial charge on any atom is 0.244 e. The van der Waals surface area contributed by atoms with Crippen LogP contribution in [0.5, 0.6) is 5.75 Å². The molecule has 2 rings (SSSR count). The monoisotopic (exact) mass is 557 g/mol. The molecule has 0 heterocycles. The number of benzene rings is 2. The number of anilines is 1. The SMILES string of the molecule is CCCCNC(=O)[C@@H](C)N(Cc1ccc(Cl)c(Cl)c1)C(=O)CN(c1ccc(OCC)cc1)S(C)(=O)=O. The Bertz CT molecular complexity index is 1140. The second-order valence-corrected chi connectivity index (χ2v) is 11.0. The molecule has 36 heavy (non-hydrogen) atoms. The van der Waals surface area contributed by atoms with Crippen molar-refractivity contribution >= 4 is 50.7 Å². The summed E-state index contributed by atoms with van der Waals surface area (Å²) in [7, 11) is -3.81. The molecule has 0 aliphatic rings. The molecule has 0 aromatic heterocycles. The van der Waals surface area contributed by atoms with Crippen LogP contribution < -0.4 is 14.4 Å². The van der Waals surface area contributed by atoms with Crippen LogP contribution in [0.15, 0.2) is 42.5 Å². The Kier molecular flexibility index (Phi) is 11.3. The summed E-state index contributed by atoms with van der Waals surface area (Å²) in [5, 5.41) is 3.51. The van der Waals surface area contributed by atoms with Crippen LogP contribution in [-0.4, -0.2) is 57.1 Å². The molecule has 0 radical (unpaired) electrons. The first-order valence-corrected chi connectivity index (χ1v) is 14.3. The highest BCUT2D eigenvalue weighted by molar-refractivity contribution is 7.92. The second-order valence-electron chi connectivity index (χ2n) is 8.29.